The number of nitrogens with zero attached hydrogens (tertiary/aromatic N) is 2. The van der Waals surface area contributed by atoms with Crippen molar-refractivity contribution in [2.45, 2.75) is 17.7 Å². The number of benzene rings is 3. The maximum atomic E-state index is 15.8. The summed E-state index contributed by atoms with van der Waals surface area (Å²) in [5, 5.41) is 17.6. The number of carbonyl (C=O) groups excluding carboxylic acids is 1. The lowest BCUT2D eigenvalue weighted by Crippen LogP contribution is -2.62. The molecule has 7 nitrogen and oxygen atoms in total. The van der Waals surface area contributed by atoms with Crippen molar-refractivity contribution in [1.82, 2.24) is 20.4 Å². The highest BCUT2D eigenvalue weighted by Gasteiger charge is 2.55. The molecule has 206 valence electrons. The molecule has 3 N–H and O–H groups in total. The average molecular weight is 573 g/mol. The number of methoxy groups -OCH3 is 1. The fraction of sp³-hybridized carbons (Fsp3) is 0.345. The zero-order valence-corrected chi connectivity index (χ0v) is 23.1. The Morgan fingerprint density at radius 1 is 0.949 bits per heavy atom. The van der Waals surface area contributed by atoms with Crippen molar-refractivity contribution >= 4 is 29.1 Å². The molecule has 0 bridgehead atoms. The summed E-state index contributed by atoms with van der Waals surface area (Å²) in [6.45, 7) is 2.70. The highest BCUT2D eigenvalue weighted by molar-refractivity contribution is 6.30. The van der Waals surface area contributed by atoms with Crippen molar-refractivity contribution in [1.29, 1.82) is 0 Å². The lowest BCUT2D eigenvalue weighted by molar-refractivity contribution is -0.141. The average Bonchev–Trinajstić information content (AvgIpc) is 3.35. The van der Waals surface area contributed by atoms with Crippen LogP contribution < -0.4 is 15.4 Å². The Bertz CT molecular complexity index is 1250. The number of rotatable bonds is 7. The van der Waals surface area contributed by atoms with Gasteiger partial charge in [-0.1, -0.05) is 53.5 Å². The Labute approximate surface area is 237 Å². The van der Waals surface area contributed by atoms with Gasteiger partial charge >= 0.3 is 0 Å². The molecule has 0 aliphatic carbocycles. The number of nitrogens with one attached hydrogen (secondary N) is 2. The van der Waals surface area contributed by atoms with Gasteiger partial charge in [0.2, 0.25) is 0 Å². The Morgan fingerprint density at radius 3 is 1.97 bits per heavy atom. The summed E-state index contributed by atoms with van der Waals surface area (Å²) in [6.07, 6.45) is 0. The molecule has 39 heavy (non-hydrogen) atoms. The highest BCUT2D eigenvalue weighted by Crippen LogP contribution is 2.45. The minimum absolute atomic E-state index is 0.0545. The zero-order valence-electron chi connectivity index (χ0n) is 21.5. The van der Waals surface area contributed by atoms with E-state index in [-0.39, 0.29) is 23.8 Å². The predicted molar refractivity (Wildman–Crippen MR) is 149 cm³/mol. The van der Waals surface area contributed by atoms with Crippen LogP contribution in [0.4, 0.5) is 4.39 Å². The molecule has 2 fully saturated rings. The number of piperazine rings is 1. The van der Waals surface area contributed by atoms with E-state index in [2.05, 4.69) is 15.5 Å². The van der Waals surface area contributed by atoms with Gasteiger partial charge in [-0.2, -0.15) is 0 Å². The van der Waals surface area contributed by atoms with Crippen LogP contribution in [0.15, 0.2) is 66.7 Å². The van der Waals surface area contributed by atoms with Gasteiger partial charge in [-0.25, -0.2) is 4.39 Å². The molecule has 0 spiro atoms. The Balaban J connectivity index is 1.63. The third-order valence-corrected chi connectivity index (χ3v) is 8.01. The number of halogens is 3. The van der Waals surface area contributed by atoms with Gasteiger partial charge in [0.15, 0.2) is 5.66 Å². The predicted octanol–water partition coefficient (Wildman–Crippen LogP) is 4.11. The monoisotopic (exact) mass is 572 g/mol. The molecule has 1 amide bonds. The molecule has 0 radical (unpaired) electrons. The summed E-state index contributed by atoms with van der Waals surface area (Å²) >= 11 is 12.4. The second-order valence-corrected chi connectivity index (χ2v) is 10.6. The van der Waals surface area contributed by atoms with E-state index in [1.165, 1.54) is 13.2 Å². The van der Waals surface area contributed by atoms with Crippen LogP contribution in [0.3, 0.4) is 0 Å². The van der Waals surface area contributed by atoms with Crippen LogP contribution >= 0.6 is 23.2 Å². The van der Waals surface area contributed by atoms with E-state index in [9.17, 15) is 9.90 Å². The van der Waals surface area contributed by atoms with E-state index in [1.807, 2.05) is 24.3 Å². The molecule has 0 saturated carbocycles. The first-order valence-electron chi connectivity index (χ1n) is 12.9. The number of aliphatic hydroxyl groups is 1. The molecule has 0 aromatic heterocycles. The van der Waals surface area contributed by atoms with Gasteiger partial charge in [-0.05, 0) is 47.5 Å². The summed E-state index contributed by atoms with van der Waals surface area (Å²) in [5.74, 6) is -0.605. The molecule has 2 atom stereocenters. The van der Waals surface area contributed by atoms with Crippen molar-refractivity contribution in [2.24, 2.45) is 0 Å². The molecular formula is C29H31Cl2FN4O3. The van der Waals surface area contributed by atoms with Crippen molar-refractivity contribution in [2.75, 3.05) is 46.4 Å². The molecule has 2 aliphatic heterocycles. The Morgan fingerprint density at radius 2 is 1.49 bits per heavy atom. The fourth-order valence-electron chi connectivity index (χ4n) is 5.53. The van der Waals surface area contributed by atoms with Gasteiger partial charge in [0.1, 0.15) is 11.6 Å². The zero-order chi connectivity index (χ0) is 27.6. The lowest BCUT2D eigenvalue weighted by Gasteiger charge is -2.40. The van der Waals surface area contributed by atoms with Crippen molar-refractivity contribution in [3.8, 4) is 5.75 Å². The lowest BCUT2D eigenvalue weighted by atomic mass is 9.95. The second-order valence-electron chi connectivity index (χ2n) is 9.77. The van der Waals surface area contributed by atoms with Crippen LogP contribution in [-0.4, -0.2) is 67.3 Å². The van der Waals surface area contributed by atoms with Gasteiger partial charge in [0.05, 0.1) is 31.4 Å². The third-order valence-electron chi connectivity index (χ3n) is 7.50. The van der Waals surface area contributed by atoms with E-state index in [4.69, 9.17) is 27.9 Å². The van der Waals surface area contributed by atoms with Gasteiger partial charge in [-0.15, -0.1) is 0 Å². The summed E-state index contributed by atoms with van der Waals surface area (Å²) in [7, 11) is 1.46. The number of β-amino-alcohol motifs (C(OH)–C–C–N with tert-alkyl or cyclic N) is 1. The minimum atomic E-state index is -1.63. The SMILES string of the molecule is COc1cccc(F)c1C1(C(=O)N2CCN(CCO)CC2)NC(c2ccc(Cl)cc2)C(c2ccc(Cl)cc2)N1. The third kappa shape index (κ3) is 5.50. The molecule has 5 rings (SSSR count). The van der Waals surface area contributed by atoms with Crippen molar-refractivity contribution in [3.05, 3.63) is 99.3 Å². The number of ether oxygens (including phenoxy) is 1. The van der Waals surface area contributed by atoms with Crippen LogP contribution in [0.2, 0.25) is 10.0 Å². The van der Waals surface area contributed by atoms with Crippen LogP contribution in [0.5, 0.6) is 5.75 Å². The Kier molecular flexibility index (Phi) is 8.42. The summed E-state index contributed by atoms with van der Waals surface area (Å²) in [4.78, 5) is 18.4. The van der Waals surface area contributed by atoms with Crippen molar-refractivity contribution in [3.63, 3.8) is 0 Å². The summed E-state index contributed by atoms with van der Waals surface area (Å²) in [6, 6.07) is 18.5. The number of aliphatic hydroxyl groups excluding tert-OH is 1. The van der Waals surface area contributed by atoms with E-state index in [0.717, 1.165) is 11.1 Å². The van der Waals surface area contributed by atoms with Crippen LogP contribution in [-0.2, 0) is 10.5 Å². The van der Waals surface area contributed by atoms with E-state index in [0.29, 0.717) is 42.8 Å². The Hall–Kier alpha value is -2.72. The van der Waals surface area contributed by atoms with Gasteiger partial charge in [0, 0.05) is 42.8 Å². The first-order valence-corrected chi connectivity index (χ1v) is 13.6. The molecule has 3 aromatic rings. The maximum absolute atomic E-state index is 15.8. The fourth-order valence-corrected chi connectivity index (χ4v) is 5.78. The number of hydrogen-bond donors (Lipinski definition) is 3. The van der Waals surface area contributed by atoms with Crippen molar-refractivity contribution < 1.29 is 19.0 Å². The molecular weight excluding hydrogens is 542 g/mol. The number of carbonyl (C=O) groups is 1. The molecule has 2 heterocycles. The van der Waals surface area contributed by atoms with Gasteiger partial charge in [-0.3, -0.25) is 20.3 Å². The quantitative estimate of drug-likeness (QED) is 0.395. The normalized spacial score (nSPS) is 23.7. The number of hydrogen-bond acceptors (Lipinski definition) is 6. The van der Waals surface area contributed by atoms with Crippen LogP contribution in [0.25, 0.3) is 0 Å². The summed E-state index contributed by atoms with van der Waals surface area (Å²) in [5.41, 5.74) is 0.227. The van der Waals surface area contributed by atoms with E-state index >= 15 is 4.39 Å². The van der Waals surface area contributed by atoms with Gasteiger partial charge < -0.3 is 14.7 Å². The van der Waals surface area contributed by atoms with E-state index in [1.54, 1.807) is 41.3 Å². The highest BCUT2D eigenvalue weighted by atomic mass is 35.5. The second kappa shape index (κ2) is 11.8. The maximum Gasteiger partial charge on any atom is 0.262 e. The first-order chi connectivity index (χ1) is 18.9. The summed E-state index contributed by atoms with van der Waals surface area (Å²) < 4.78 is 21.4. The van der Waals surface area contributed by atoms with Gasteiger partial charge in [0.25, 0.3) is 5.91 Å². The number of amides is 1. The van der Waals surface area contributed by atoms with Crippen LogP contribution in [0.1, 0.15) is 28.8 Å². The minimum Gasteiger partial charge on any atom is -0.496 e. The standard InChI is InChI=1S/C29H31Cl2FN4O3/c1-39-24-4-2-3-23(32)25(24)29(28(38)36-15-13-35(14-16-36)17-18-37)33-26(19-5-9-21(30)10-6-19)27(34-29)20-7-11-22(31)12-8-20/h2-12,26-27,33-34,37H,13-18H2,1H3. The first kappa shape index (κ1) is 27.8. The molecule has 2 aliphatic rings. The van der Waals surface area contributed by atoms with Crippen LogP contribution in [0, 0.1) is 5.82 Å². The largest absolute Gasteiger partial charge is 0.496 e. The molecule has 10 heteroatoms. The molecule has 2 unspecified atom stereocenters. The molecule has 2 saturated heterocycles. The van der Waals surface area contributed by atoms with E-state index < -0.39 is 23.6 Å². The topological polar surface area (TPSA) is 77.1 Å². The molecule has 3 aromatic carbocycles. The smallest absolute Gasteiger partial charge is 0.262 e.